The standard InChI is InChI=1S/C18H25O2P/c19-21(20)17-13-7-12-16(14-8-3-1-4-9-14)18(17)15-10-5-2-6-11-15/h7,12-15H,1-6,8-11H2/p+1. The summed E-state index contributed by atoms with van der Waals surface area (Å²) >= 11 is 0. The van der Waals surface area contributed by atoms with Gasteiger partial charge in [-0.1, -0.05) is 50.7 Å². The molecule has 2 nitrogen and oxygen atoms in total. The molecule has 0 spiro atoms. The summed E-state index contributed by atoms with van der Waals surface area (Å²) in [5, 5.41) is 0.722. The minimum absolute atomic E-state index is 0.512. The second-order valence-electron chi connectivity index (χ2n) is 6.72. The van der Waals surface area contributed by atoms with Gasteiger partial charge in [-0.25, -0.2) is 0 Å². The van der Waals surface area contributed by atoms with Gasteiger partial charge in [-0.05, 0) is 53.7 Å². The number of hydrogen-bond donors (Lipinski definition) is 1. The smallest absolute Gasteiger partial charge is 0.156 e. The van der Waals surface area contributed by atoms with Crippen LogP contribution in [-0.2, 0) is 4.57 Å². The topological polar surface area (TPSA) is 37.3 Å². The predicted molar refractivity (Wildman–Crippen MR) is 87.6 cm³/mol. The van der Waals surface area contributed by atoms with E-state index in [-0.39, 0.29) is 0 Å². The monoisotopic (exact) mass is 305 g/mol. The van der Waals surface area contributed by atoms with Gasteiger partial charge in [0.1, 0.15) is 0 Å². The summed E-state index contributed by atoms with van der Waals surface area (Å²) in [4.78, 5) is 9.77. The minimum Gasteiger partial charge on any atom is -0.156 e. The predicted octanol–water partition coefficient (Wildman–Crippen LogP) is 5.14. The molecule has 0 aromatic heterocycles. The molecule has 0 amide bonds. The fourth-order valence-electron chi connectivity index (χ4n) is 4.34. The van der Waals surface area contributed by atoms with Crippen LogP contribution >= 0.6 is 8.03 Å². The normalized spacial score (nSPS) is 22.2. The molecule has 1 aromatic carbocycles. The van der Waals surface area contributed by atoms with Crippen molar-refractivity contribution in [3.63, 3.8) is 0 Å². The second-order valence-corrected chi connectivity index (χ2v) is 7.75. The first-order valence-corrected chi connectivity index (χ1v) is 9.77. The molecule has 21 heavy (non-hydrogen) atoms. The summed E-state index contributed by atoms with van der Waals surface area (Å²) in [6.45, 7) is 0. The van der Waals surface area contributed by atoms with Gasteiger partial charge in [-0.2, -0.15) is 4.89 Å². The van der Waals surface area contributed by atoms with Gasteiger partial charge in [0.25, 0.3) is 0 Å². The molecule has 0 heterocycles. The van der Waals surface area contributed by atoms with E-state index < -0.39 is 8.03 Å². The van der Waals surface area contributed by atoms with Gasteiger partial charge in [-0.3, -0.25) is 0 Å². The average Bonchev–Trinajstić information content (AvgIpc) is 2.55. The van der Waals surface area contributed by atoms with Gasteiger partial charge < -0.3 is 0 Å². The molecule has 0 bridgehead atoms. The Morgan fingerprint density at radius 2 is 1.43 bits per heavy atom. The summed E-state index contributed by atoms with van der Waals surface area (Å²) in [7, 11) is -2.23. The van der Waals surface area contributed by atoms with Crippen LogP contribution in [0, 0.1) is 0 Å². The lowest BCUT2D eigenvalue weighted by atomic mass is 9.76. The number of hydrogen-bond acceptors (Lipinski definition) is 1. The van der Waals surface area contributed by atoms with Gasteiger partial charge in [0.15, 0.2) is 0 Å². The van der Waals surface area contributed by atoms with Gasteiger partial charge in [0.05, 0.1) is 0 Å². The largest absolute Gasteiger partial charge is 0.546 e. The highest BCUT2D eigenvalue weighted by Crippen LogP contribution is 2.41. The van der Waals surface area contributed by atoms with E-state index in [0.717, 1.165) is 5.30 Å². The van der Waals surface area contributed by atoms with E-state index >= 15 is 0 Å². The zero-order valence-electron chi connectivity index (χ0n) is 12.8. The molecule has 0 radical (unpaired) electrons. The summed E-state index contributed by atoms with van der Waals surface area (Å²) < 4.78 is 11.8. The van der Waals surface area contributed by atoms with E-state index in [9.17, 15) is 9.46 Å². The highest BCUT2D eigenvalue weighted by atomic mass is 31.1. The van der Waals surface area contributed by atoms with Crippen molar-refractivity contribution in [2.24, 2.45) is 0 Å². The quantitative estimate of drug-likeness (QED) is 0.785. The molecule has 0 saturated heterocycles. The van der Waals surface area contributed by atoms with E-state index in [4.69, 9.17) is 0 Å². The van der Waals surface area contributed by atoms with E-state index in [1.807, 2.05) is 12.1 Å². The zero-order chi connectivity index (χ0) is 14.7. The Balaban J connectivity index is 2.00. The second kappa shape index (κ2) is 7.03. The minimum atomic E-state index is -2.23. The molecule has 1 unspecified atom stereocenters. The van der Waals surface area contributed by atoms with Crippen LogP contribution in [0.25, 0.3) is 0 Å². The first-order chi connectivity index (χ1) is 10.3. The number of benzene rings is 1. The molecular formula is C18H26O2P+. The highest BCUT2D eigenvalue weighted by molar-refractivity contribution is 7.47. The fraction of sp³-hybridized carbons (Fsp3) is 0.667. The lowest BCUT2D eigenvalue weighted by Gasteiger charge is -2.29. The van der Waals surface area contributed by atoms with Crippen LogP contribution in [0.2, 0.25) is 0 Å². The van der Waals surface area contributed by atoms with E-state index in [0.29, 0.717) is 11.8 Å². The van der Waals surface area contributed by atoms with Crippen LogP contribution in [0.3, 0.4) is 0 Å². The molecule has 2 fully saturated rings. The van der Waals surface area contributed by atoms with Crippen molar-refractivity contribution < 1.29 is 9.46 Å². The van der Waals surface area contributed by atoms with E-state index in [2.05, 4.69) is 6.07 Å². The van der Waals surface area contributed by atoms with Crippen LogP contribution in [0.1, 0.15) is 87.2 Å². The third-order valence-electron chi connectivity index (χ3n) is 5.38. The van der Waals surface area contributed by atoms with Crippen molar-refractivity contribution in [3.8, 4) is 0 Å². The van der Waals surface area contributed by atoms with Crippen molar-refractivity contribution in [2.45, 2.75) is 76.0 Å². The van der Waals surface area contributed by atoms with Gasteiger partial charge >= 0.3 is 8.03 Å². The van der Waals surface area contributed by atoms with E-state index in [1.54, 1.807) is 0 Å². The van der Waals surface area contributed by atoms with Crippen LogP contribution in [0.5, 0.6) is 0 Å². The Morgan fingerprint density at radius 1 is 0.857 bits per heavy atom. The molecule has 1 N–H and O–H groups in total. The first-order valence-electron chi connectivity index (χ1n) is 8.56. The molecule has 3 heteroatoms. The fourth-order valence-corrected chi connectivity index (χ4v) is 5.07. The zero-order valence-corrected chi connectivity index (χ0v) is 13.7. The maximum atomic E-state index is 11.8. The molecule has 2 aliphatic carbocycles. The Morgan fingerprint density at radius 3 is 2.00 bits per heavy atom. The van der Waals surface area contributed by atoms with Crippen molar-refractivity contribution >= 4 is 13.3 Å². The highest BCUT2D eigenvalue weighted by Gasteiger charge is 2.32. The third kappa shape index (κ3) is 3.38. The Hall–Kier alpha value is -0.720. The maximum absolute atomic E-state index is 11.8. The molecular weight excluding hydrogens is 279 g/mol. The Bertz CT molecular complexity index is 500. The lowest BCUT2D eigenvalue weighted by Crippen LogP contribution is -2.19. The van der Waals surface area contributed by atoms with Gasteiger partial charge in [0.2, 0.25) is 5.30 Å². The molecule has 2 aliphatic rings. The van der Waals surface area contributed by atoms with E-state index in [1.165, 1.54) is 75.3 Å². The molecule has 0 aliphatic heterocycles. The third-order valence-corrected chi connectivity index (χ3v) is 6.18. The Labute approximate surface area is 128 Å². The van der Waals surface area contributed by atoms with Gasteiger partial charge in [-0.15, -0.1) is 0 Å². The first kappa shape index (κ1) is 15.2. The molecule has 1 aromatic rings. The van der Waals surface area contributed by atoms with Crippen molar-refractivity contribution in [2.75, 3.05) is 0 Å². The van der Waals surface area contributed by atoms with Crippen LogP contribution in [-0.4, -0.2) is 4.89 Å². The van der Waals surface area contributed by atoms with Crippen LogP contribution < -0.4 is 5.30 Å². The van der Waals surface area contributed by atoms with Crippen molar-refractivity contribution in [3.05, 3.63) is 29.3 Å². The molecule has 1 atom stereocenters. The maximum Gasteiger partial charge on any atom is 0.546 e. The summed E-state index contributed by atoms with van der Waals surface area (Å²) in [6, 6.07) is 6.12. The van der Waals surface area contributed by atoms with Crippen LogP contribution in [0.4, 0.5) is 0 Å². The van der Waals surface area contributed by atoms with Crippen LogP contribution in [0.15, 0.2) is 18.2 Å². The lowest BCUT2D eigenvalue weighted by molar-refractivity contribution is 0.419. The van der Waals surface area contributed by atoms with Crippen molar-refractivity contribution in [1.82, 2.24) is 0 Å². The Kier molecular flexibility index (Phi) is 5.08. The SMILES string of the molecule is O=[P+](O)c1cccc(C2CCCCC2)c1C1CCCCC1. The van der Waals surface area contributed by atoms with Gasteiger partial charge in [0, 0.05) is 5.56 Å². The number of rotatable bonds is 3. The summed E-state index contributed by atoms with van der Waals surface area (Å²) in [5.74, 6) is 1.13. The summed E-state index contributed by atoms with van der Waals surface area (Å²) in [6.07, 6.45) is 12.7. The van der Waals surface area contributed by atoms with Crippen molar-refractivity contribution in [1.29, 1.82) is 0 Å². The average molecular weight is 305 g/mol. The summed E-state index contributed by atoms with van der Waals surface area (Å²) in [5.41, 5.74) is 2.66. The molecule has 3 rings (SSSR count). The molecule has 2 saturated carbocycles. The molecule has 114 valence electrons.